The topological polar surface area (TPSA) is 75.4 Å². The molecule has 5 heteroatoms. The largest absolute Gasteiger partial charge is 0.328 e. The molecule has 1 heterocycles. The fourth-order valence-corrected chi connectivity index (χ4v) is 3.09. The van der Waals surface area contributed by atoms with E-state index in [2.05, 4.69) is 17.1 Å². The molecule has 2 rings (SSSR count). The van der Waals surface area contributed by atoms with Gasteiger partial charge >= 0.3 is 0 Å². The lowest BCUT2D eigenvalue weighted by molar-refractivity contribution is -0.126. The average Bonchev–Trinajstić information content (AvgIpc) is 2.67. The third kappa shape index (κ3) is 2.90. The molecule has 102 valence electrons. The van der Waals surface area contributed by atoms with Crippen LogP contribution in [0.3, 0.4) is 0 Å². The van der Waals surface area contributed by atoms with Gasteiger partial charge in [0.25, 0.3) is 0 Å². The lowest BCUT2D eigenvalue weighted by atomic mass is 9.89. The molecule has 5 nitrogen and oxygen atoms in total. The zero-order valence-corrected chi connectivity index (χ0v) is 11.0. The van der Waals surface area contributed by atoms with E-state index in [1.165, 1.54) is 0 Å². The van der Waals surface area contributed by atoms with E-state index in [1.807, 2.05) is 0 Å². The number of carbonyl (C=O) groups excluding carboxylic acids is 2. The van der Waals surface area contributed by atoms with Crippen molar-refractivity contribution in [2.75, 3.05) is 6.54 Å². The molecule has 1 aliphatic heterocycles. The molecule has 0 bridgehead atoms. The molecule has 2 amide bonds. The standard InChI is InChI=1S/C13H23N3O2/c1-2-7-16(10-5-3-9(14)4-6-10)11-8-12(17)15-13(11)18/h9-11H,2-8,14H2,1H3,(H,15,17,18). The minimum absolute atomic E-state index is 0.122. The highest BCUT2D eigenvalue weighted by molar-refractivity contribution is 6.05. The number of hydrogen-bond acceptors (Lipinski definition) is 4. The summed E-state index contributed by atoms with van der Waals surface area (Å²) in [6, 6.07) is 0.465. The Morgan fingerprint density at radius 3 is 2.44 bits per heavy atom. The molecular weight excluding hydrogens is 230 g/mol. The van der Waals surface area contributed by atoms with E-state index in [9.17, 15) is 9.59 Å². The molecule has 0 aromatic rings. The second kappa shape index (κ2) is 5.80. The minimum Gasteiger partial charge on any atom is -0.328 e. The van der Waals surface area contributed by atoms with Crippen molar-refractivity contribution in [2.24, 2.45) is 5.73 Å². The molecule has 2 fully saturated rings. The maximum Gasteiger partial charge on any atom is 0.244 e. The quantitative estimate of drug-likeness (QED) is 0.710. The Morgan fingerprint density at radius 2 is 1.94 bits per heavy atom. The number of rotatable bonds is 4. The Hall–Kier alpha value is -0.940. The minimum atomic E-state index is -0.253. The zero-order chi connectivity index (χ0) is 13.1. The highest BCUT2D eigenvalue weighted by Gasteiger charge is 2.38. The van der Waals surface area contributed by atoms with Gasteiger partial charge in [0.1, 0.15) is 0 Å². The van der Waals surface area contributed by atoms with Crippen molar-refractivity contribution in [2.45, 2.75) is 63.6 Å². The maximum atomic E-state index is 11.8. The zero-order valence-electron chi connectivity index (χ0n) is 11.0. The van der Waals surface area contributed by atoms with Crippen LogP contribution in [0.2, 0.25) is 0 Å². The van der Waals surface area contributed by atoms with Crippen molar-refractivity contribution >= 4 is 11.8 Å². The van der Waals surface area contributed by atoms with Crippen LogP contribution in [0.5, 0.6) is 0 Å². The molecule has 3 N–H and O–H groups in total. The van der Waals surface area contributed by atoms with Crippen LogP contribution < -0.4 is 11.1 Å². The fourth-order valence-electron chi connectivity index (χ4n) is 3.09. The van der Waals surface area contributed by atoms with Gasteiger partial charge < -0.3 is 5.73 Å². The van der Waals surface area contributed by atoms with Gasteiger partial charge in [0.15, 0.2) is 0 Å². The molecule has 1 saturated carbocycles. The summed E-state index contributed by atoms with van der Waals surface area (Å²) in [7, 11) is 0. The van der Waals surface area contributed by atoms with E-state index in [1.54, 1.807) is 0 Å². The number of carbonyl (C=O) groups is 2. The van der Waals surface area contributed by atoms with Crippen LogP contribution in [0.15, 0.2) is 0 Å². The predicted octanol–water partition coefficient (Wildman–Crippen LogP) is 0.383. The van der Waals surface area contributed by atoms with Gasteiger partial charge in [-0.05, 0) is 38.6 Å². The summed E-state index contributed by atoms with van der Waals surface area (Å²) >= 11 is 0. The van der Waals surface area contributed by atoms with Crippen molar-refractivity contribution in [1.29, 1.82) is 0 Å². The Bertz CT molecular complexity index is 324. The van der Waals surface area contributed by atoms with E-state index >= 15 is 0 Å². The van der Waals surface area contributed by atoms with Crippen molar-refractivity contribution in [3.05, 3.63) is 0 Å². The number of nitrogens with one attached hydrogen (secondary N) is 1. The molecule has 0 spiro atoms. The van der Waals surface area contributed by atoms with Crippen molar-refractivity contribution < 1.29 is 9.59 Å². The maximum absolute atomic E-state index is 11.8. The summed E-state index contributed by atoms with van der Waals surface area (Å²) in [6.45, 7) is 2.99. The van der Waals surface area contributed by atoms with E-state index in [0.717, 1.165) is 38.6 Å². The SMILES string of the molecule is CCCN(C1CCC(N)CC1)C1CC(=O)NC1=O. The molecule has 0 aromatic carbocycles. The van der Waals surface area contributed by atoms with Gasteiger partial charge in [-0.15, -0.1) is 0 Å². The number of imide groups is 1. The predicted molar refractivity (Wildman–Crippen MR) is 68.8 cm³/mol. The summed E-state index contributed by atoms with van der Waals surface area (Å²) in [5.41, 5.74) is 5.92. The third-order valence-corrected chi connectivity index (χ3v) is 4.04. The Balaban J connectivity index is 2.03. The van der Waals surface area contributed by atoms with Gasteiger partial charge in [-0.1, -0.05) is 6.92 Å². The molecule has 1 saturated heterocycles. The summed E-state index contributed by atoms with van der Waals surface area (Å²) < 4.78 is 0. The van der Waals surface area contributed by atoms with Gasteiger partial charge in [0.05, 0.1) is 12.5 Å². The van der Waals surface area contributed by atoms with E-state index in [4.69, 9.17) is 5.73 Å². The molecule has 1 unspecified atom stereocenters. The molecular formula is C13H23N3O2. The van der Waals surface area contributed by atoms with Crippen molar-refractivity contribution in [1.82, 2.24) is 10.2 Å². The fraction of sp³-hybridized carbons (Fsp3) is 0.846. The summed E-state index contributed by atoms with van der Waals surface area (Å²) in [6.07, 6.45) is 5.44. The second-order valence-corrected chi connectivity index (χ2v) is 5.44. The monoisotopic (exact) mass is 253 g/mol. The summed E-state index contributed by atoms with van der Waals surface area (Å²) in [5.74, 6) is -0.262. The smallest absolute Gasteiger partial charge is 0.244 e. The highest BCUT2D eigenvalue weighted by Crippen LogP contribution is 2.26. The number of amides is 2. The van der Waals surface area contributed by atoms with Crippen LogP contribution in [0.4, 0.5) is 0 Å². The lowest BCUT2D eigenvalue weighted by Gasteiger charge is -2.38. The first-order valence-electron chi connectivity index (χ1n) is 6.96. The van der Waals surface area contributed by atoms with Gasteiger partial charge in [-0.2, -0.15) is 0 Å². The first-order chi connectivity index (χ1) is 8.61. The summed E-state index contributed by atoms with van der Waals surface area (Å²) in [5, 5.41) is 2.41. The van der Waals surface area contributed by atoms with Crippen LogP contribution in [-0.4, -0.2) is 41.4 Å². The number of nitrogens with two attached hydrogens (primary N) is 1. The molecule has 18 heavy (non-hydrogen) atoms. The van der Waals surface area contributed by atoms with Crippen LogP contribution in [0, 0.1) is 0 Å². The highest BCUT2D eigenvalue weighted by atomic mass is 16.2. The van der Waals surface area contributed by atoms with Crippen molar-refractivity contribution in [3.63, 3.8) is 0 Å². The molecule has 2 aliphatic rings. The first-order valence-corrected chi connectivity index (χ1v) is 6.96. The summed E-state index contributed by atoms with van der Waals surface area (Å²) in [4.78, 5) is 25.4. The van der Waals surface area contributed by atoms with E-state index in [-0.39, 0.29) is 17.9 Å². The van der Waals surface area contributed by atoms with Gasteiger partial charge in [0.2, 0.25) is 11.8 Å². The Kier molecular flexibility index (Phi) is 4.35. The number of hydrogen-bond donors (Lipinski definition) is 2. The van der Waals surface area contributed by atoms with Crippen LogP contribution in [-0.2, 0) is 9.59 Å². The number of nitrogens with zero attached hydrogens (tertiary/aromatic N) is 1. The van der Waals surface area contributed by atoms with Gasteiger partial charge in [-0.25, -0.2) is 0 Å². The van der Waals surface area contributed by atoms with E-state index in [0.29, 0.717) is 18.5 Å². The van der Waals surface area contributed by atoms with Crippen LogP contribution >= 0.6 is 0 Å². The van der Waals surface area contributed by atoms with E-state index < -0.39 is 0 Å². The van der Waals surface area contributed by atoms with Crippen LogP contribution in [0.25, 0.3) is 0 Å². The third-order valence-electron chi connectivity index (χ3n) is 4.04. The molecule has 0 aromatic heterocycles. The van der Waals surface area contributed by atoms with Crippen molar-refractivity contribution in [3.8, 4) is 0 Å². The molecule has 1 aliphatic carbocycles. The normalized spacial score (nSPS) is 32.9. The van der Waals surface area contributed by atoms with Gasteiger partial charge in [-0.3, -0.25) is 19.8 Å². The Morgan fingerprint density at radius 1 is 1.28 bits per heavy atom. The first kappa shape index (κ1) is 13.5. The Labute approximate surface area is 108 Å². The molecule has 1 atom stereocenters. The average molecular weight is 253 g/mol. The lowest BCUT2D eigenvalue weighted by Crippen LogP contribution is -2.49. The van der Waals surface area contributed by atoms with Crippen LogP contribution in [0.1, 0.15) is 45.4 Å². The van der Waals surface area contributed by atoms with Gasteiger partial charge in [0, 0.05) is 12.1 Å². The second-order valence-electron chi connectivity index (χ2n) is 5.44. The molecule has 0 radical (unpaired) electrons.